The van der Waals surface area contributed by atoms with Crippen LogP contribution >= 0.6 is 15.9 Å². The molecule has 0 aromatic heterocycles. The topological polar surface area (TPSA) is 35.8 Å². The molecule has 0 aliphatic heterocycles. The molecule has 0 saturated heterocycles. The number of hydrogen-bond donors (Lipinski definition) is 1. The van der Waals surface area contributed by atoms with Gasteiger partial charge in [0.2, 0.25) is 0 Å². The quantitative estimate of drug-likeness (QED) is 0.876. The van der Waals surface area contributed by atoms with E-state index in [1.807, 2.05) is 0 Å². The molecule has 1 aliphatic carbocycles. The third-order valence-electron chi connectivity index (χ3n) is 3.35. The van der Waals surface area contributed by atoms with Crippen molar-refractivity contribution in [2.45, 2.75) is 25.4 Å². The van der Waals surface area contributed by atoms with E-state index in [0.717, 1.165) is 18.9 Å². The van der Waals surface area contributed by atoms with Gasteiger partial charge >= 0.3 is 6.18 Å². The molecule has 1 aliphatic rings. The predicted molar refractivity (Wildman–Crippen MR) is 69.5 cm³/mol. The maximum atomic E-state index is 12.9. The van der Waals surface area contributed by atoms with Gasteiger partial charge in [-0.3, -0.25) is 0 Å². The molecule has 0 spiro atoms. The summed E-state index contributed by atoms with van der Waals surface area (Å²) in [5.74, 6) is 0. The Bertz CT molecular complexity index is 516. The number of nitrogens with zero attached hydrogens (tertiary/aromatic N) is 1. The molecule has 1 N–H and O–H groups in total. The third kappa shape index (κ3) is 3.41. The summed E-state index contributed by atoms with van der Waals surface area (Å²) < 4.78 is 39.1. The fourth-order valence-electron chi connectivity index (χ4n) is 1.95. The van der Waals surface area contributed by atoms with E-state index in [1.54, 1.807) is 6.07 Å². The zero-order valence-corrected chi connectivity index (χ0v) is 11.6. The van der Waals surface area contributed by atoms with E-state index in [1.165, 1.54) is 6.07 Å². The maximum Gasteiger partial charge on any atom is 0.418 e. The molecule has 6 heteroatoms. The summed E-state index contributed by atoms with van der Waals surface area (Å²) in [6, 6.07) is 6.14. The largest absolute Gasteiger partial charge is 0.418 e. The van der Waals surface area contributed by atoms with Crippen LogP contribution in [-0.2, 0) is 6.18 Å². The number of rotatable bonds is 4. The first-order valence-corrected chi connectivity index (χ1v) is 6.63. The van der Waals surface area contributed by atoms with E-state index in [2.05, 4.69) is 27.3 Å². The van der Waals surface area contributed by atoms with E-state index in [4.69, 9.17) is 5.26 Å². The number of benzene rings is 1. The fraction of sp³-hybridized carbons (Fsp3) is 0.462. The number of nitriles is 1. The van der Waals surface area contributed by atoms with E-state index in [9.17, 15) is 13.2 Å². The van der Waals surface area contributed by atoms with Crippen LogP contribution in [0.1, 0.15) is 24.8 Å². The van der Waals surface area contributed by atoms with Crippen molar-refractivity contribution in [1.29, 1.82) is 5.26 Å². The van der Waals surface area contributed by atoms with Gasteiger partial charge in [0.1, 0.15) is 0 Å². The number of alkyl halides is 3. The maximum absolute atomic E-state index is 12.9. The molecule has 1 fully saturated rings. The van der Waals surface area contributed by atoms with Crippen LogP contribution in [0.3, 0.4) is 0 Å². The van der Waals surface area contributed by atoms with Crippen molar-refractivity contribution in [3.05, 3.63) is 28.2 Å². The Morgan fingerprint density at radius 1 is 1.37 bits per heavy atom. The molecule has 0 radical (unpaired) electrons. The Morgan fingerprint density at radius 3 is 2.58 bits per heavy atom. The summed E-state index contributed by atoms with van der Waals surface area (Å²) in [6.07, 6.45) is -2.22. The van der Waals surface area contributed by atoms with Crippen molar-refractivity contribution in [2.75, 3.05) is 11.9 Å². The van der Waals surface area contributed by atoms with Crippen LogP contribution in [0, 0.1) is 16.7 Å². The van der Waals surface area contributed by atoms with Crippen LogP contribution in [0.5, 0.6) is 0 Å². The normalized spacial score (nSPS) is 16.8. The molecule has 1 aromatic carbocycles. The monoisotopic (exact) mass is 332 g/mol. The van der Waals surface area contributed by atoms with Crippen LogP contribution in [0.4, 0.5) is 18.9 Å². The number of hydrogen-bond acceptors (Lipinski definition) is 2. The lowest BCUT2D eigenvalue weighted by Crippen LogP contribution is -2.18. The minimum Gasteiger partial charge on any atom is -0.384 e. The van der Waals surface area contributed by atoms with Crippen molar-refractivity contribution in [1.82, 2.24) is 0 Å². The summed E-state index contributed by atoms with van der Waals surface area (Å²) >= 11 is 3.05. The molecule has 0 unspecified atom stereocenters. The van der Waals surface area contributed by atoms with Crippen LogP contribution in [0.15, 0.2) is 22.7 Å². The van der Waals surface area contributed by atoms with Gasteiger partial charge in [0.25, 0.3) is 0 Å². The van der Waals surface area contributed by atoms with Crippen molar-refractivity contribution < 1.29 is 13.2 Å². The lowest BCUT2D eigenvalue weighted by molar-refractivity contribution is -0.137. The Kier molecular flexibility index (Phi) is 3.77. The summed E-state index contributed by atoms with van der Waals surface area (Å²) in [5.41, 5.74) is -0.750. The molecular formula is C13H12BrF3N2. The Hall–Kier alpha value is -1.22. The minimum absolute atomic E-state index is 0.0694. The van der Waals surface area contributed by atoms with Gasteiger partial charge < -0.3 is 5.32 Å². The highest BCUT2D eigenvalue weighted by atomic mass is 79.9. The Morgan fingerprint density at radius 2 is 2.05 bits per heavy atom. The van der Waals surface area contributed by atoms with E-state index in [-0.39, 0.29) is 11.1 Å². The van der Waals surface area contributed by atoms with Gasteiger partial charge in [-0.2, -0.15) is 18.4 Å². The van der Waals surface area contributed by atoms with Crippen molar-refractivity contribution in [3.63, 3.8) is 0 Å². The van der Waals surface area contributed by atoms with Gasteiger partial charge in [-0.25, -0.2) is 0 Å². The zero-order valence-electron chi connectivity index (χ0n) is 10.0. The lowest BCUT2D eigenvalue weighted by atomic mass is 10.0. The van der Waals surface area contributed by atoms with Crippen LogP contribution in [0.2, 0.25) is 0 Å². The van der Waals surface area contributed by atoms with Gasteiger partial charge in [-0.15, -0.1) is 0 Å². The molecule has 2 nitrogen and oxygen atoms in total. The molecule has 102 valence electrons. The summed E-state index contributed by atoms with van der Waals surface area (Å²) in [5, 5.41) is 11.5. The molecule has 0 atom stereocenters. The van der Waals surface area contributed by atoms with Gasteiger partial charge in [0, 0.05) is 28.5 Å². The highest BCUT2D eigenvalue weighted by Crippen LogP contribution is 2.49. The van der Waals surface area contributed by atoms with Crippen molar-refractivity contribution in [3.8, 4) is 6.07 Å². The highest BCUT2D eigenvalue weighted by Gasteiger charge is 2.42. The van der Waals surface area contributed by atoms with Crippen molar-refractivity contribution in [2.24, 2.45) is 5.41 Å². The molecule has 0 amide bonds. The Labute approximate surface area is 117 Å². The summed E-state index contributed by atoms with van der Waals surface area (Å²) in [4.78, 5) is 0. The van der Waals surface area contributed by atoms with Crippen LogP contribution in [0.25, 0.3) is 0 Å². The molecule has 19 heavy (non-hydrogen) atoms. The van der Waals surface area contributed by atoms with Crippen LogP contribution < -0.4 is 5.32 Å². The second-order valence-corrected chi connectivity index (χ2v) is 5.79. The Balaban J connectivity index is 2.15. The average molecular weight is 333 g/mol. The average Bonchev–Trinajstić information content (AvgIpc) is 3.07. The standard InChI is InChI=1S/C13H12BrF3N2/c14-9-1-2-11(10(7-9)13(15,16)17)19-8-12(3-4-12)5-6-18/h1-2,7,19H,3-5,8H2. The SMILES string of the molecule is N#CCC1(CNc2ccc(Br)cc2C(F)(F)F)CC1. The molecule has 1 aromatic rings. The summed E-state index contributed by atoms with van der Waals surface area (Å²) in [6.45, 7) is 0.408. The predicted octanol–water partition coefficient (Wildman–Crippen LogP) is 4.57. The molecular weight excluding hydrogens is 321 g/mol. The van der Waals surface area contributed by atoms with E-state index in [0.29, 0.717) is 17.4 Å². The smallest absolute Gasteiger partial charge is 0.384 e. The summed E-state index contributed by atoms with van der Waals surface area (Å²) in [7, 11) is 0. The van der Waals surface area contributed by atoms with Gasteiger partial charge in [-0.05, 0) is 31.0 Å². The molecule has 2 rings (SSSR count). The highest BCUT2D eigenvalue weighted by molar-refractivity contribution is 9.10. The second-order valence-electron chi connectivity index (χ2n) is 4.88. The van der Waals surface area contributed by atoms with E-state index >= 15 is 0 Å². The second kappa shape index (κ2) is 5.04. The molecule has 0 heterocycles. The van der Waals surface area contributed by atoms with Gasteiger partial charge in [0.15, 0.2) is 0 Å². The first-order chi connectivity index (χ1) is 8.86. The van der Waals surface area contributed by atoms with E-state index < -0.39 is 11.7 Å². The van der Waals surface area contributed by atoms with Crippen molar-refractivity contribution >= 4 is 21.6 Å². The fourth-order valence-corrected chi connectivity index (χ4v) is 2.31. The third-order valence-corrected chi connectivity index (χ3v) is 3.85. The van der Waals surface area contributed by atoms with Gasteiger partial charge in [0.05, 0.1) is 11.6 Å². The number of halogens is 4. The zero-order chi connectivity index (χ0) is 14.1. The molecule has 0 bridgehead atoms. The number of nitrogens with one attached hydrogen (secondary N) is 1. The minimum atomic E-state index is -4.39. The van der Waals surface area contributed by atoms with Crippen LogP contribution in [-0.4, -0.2) is 6.54 Å². The first kappa shape index (κ1) is 14.2. The first-order valence-electron chi connectivity index (χ1n) is 5.84. The lowest BCUT2D eigenvalue weighted by Gasteiger charge is -2.18. The van der Waals surface area contributed by atoms with Gasteiger partial charge in [-0.1, -0.05) is 15.9 Å². The molecule has 1 saturated carbocycles. The number of anilines is 1.